The Kier molecular flexibility index (Phi) is 14.4. The monoisotopic (exact) mass is 774 g/mol. The maximum Gasteiger partial charge on any atom is 0.335 e. The van der Waals surface area contributed by atoms with Crippen LogP contribution in [-0.4, -0.2) is 210 Å². The summed E-state index contributed by atoms with van der Waals surface area (Å²) in [6, 6.07) is -3.09. The zero-order valence-corrected chi connectivity index (χ0v) is 28.4. The Morgan fingerprint density at radius 3 is 1.57 bits per heavy atom. The number of aliphatic hydroxyl groups is 9. The zero-order valence-electron chi connectivity index (χ0n) is 28.4. The van der Waals surface area contributed by atoms with Gasteiger partial charge >= 0.3 is 11.9 Å². The molecule has 0 unspecified atom stereocenters. The number of carboxylic acids is 2. The van der Waals surface area contributed by atoms with Crippen LogP contribution in [0.2, 0.25) is 0 Å². The molecule has 4 aliphatic heterocycles. The van der Waals surface area contributed by atoms with Crippen molar-refractivity contribution in [2.75, 3.05) is 13.2 Å². The molecule has 13 N–H and O–H groups in total. The van der Waals surface area contributed by atoms with Crippen molar-refractivity contribution in [1.29, 1.82) is 0 Å². The molecule has 4 rings (SSSR count). The van der Waals surface area contributed by atoms with Crippen LogP contribution in [0.5, 0.6) is 0 Å². The molecular formula is C29H46N2O22. The lowest BCUT2D eigenvalue weighted by molar-refractivity contribution is -0.367. The van der Waals surface area contributed by atoms with Gasteiger partial charge in [-0.2, -0.15) is 0 Å². The number of ether oxygens (including phenoxy) is 7. The van der Waals surface area contributed by atoms with E-state index in [1.807, 2.05) is 0 Å². The average Bonchev–Trinajstić information content (AvgIpc) is 3.08. The number of amides is 2. The number of carbonyl (C=O) groups excluding carboxylic acids is 2. The van der Waals surface area contributed by atoms with E-state index in [2.05, 4.69) is 10.6 Å². The topological polar surface area (TPSA) is 379 Å². The van der Waals surface area contributed by atoms with Gasteiger partial charge in [0.1, 0.15) is 67.0 Å². The van der Waals surface area contributed by atoms with Gasteiger partial charge in [0.15, 0.2) is 37.4 Å². The predicted molar refractivity (Wildman–Crippen MR) is 161 cm³/mol. The first-order valence-corrected chi connectivity index (χ1v) is 16.4. The molecule has 0 radical (unpaired) electrons. The van der Waals surface area contributed by atoms with E-state index in [-0.39, 0.29) is 0 Å². The Balaban J connectivity index is 1.62. The molecule has 0 spiro atoms. The highest BCUT2D eigenvalue weighted by Gasteiger charge is 2.57. The minimum atomic E-state index is -2.22. The lowest BCUT2D eigenvalue weighted by Crippen LogP contribution is -2.70. The van der Waals surface area contributed by atoms with Gasteiger partial charge in [-0.05, 0) is 0 Å². The van der Waals surface area contributed by atoms with Gasteiger partial charge in [-0.25, -0.2) is 9.59 Å². The van der Waals surface area contributed by atoms with Gasteiger partial charge in [0.2, 0.25) is 11.8 Å². The van der Waals surface area contributed by atoms with E-state index < -0.39 is 159 Å². The summed E-state index contributed by atoms with van der Waals surface area (Å²) in [5.41, 5.74) is 0. The highest BCUT2D eigenvalue weighted by atomic mass is 16.8. The third-order valence-electron chi connectivity index (χ3n) is 9.33. The number of carbonyl (C=O) groups is 4. The van der Waals surface area contributed by atoms with Crippen LogP contribution in [0.4, 0.5) is 0 Å². The minimum Gasteiger partial charge on any atom is -0.479 e. The van der Waals surface area contributed by atoms with Gasteiger partial charge in [-0.3, -0.25) is 9.59 Å². The first kappa shape index (κ1) is 43.0. The molecular weight excluding hydrogens is 728 g/mol. The molecule has 53 heavy (non-hydrogen) atoms. The number of nitrogens with one attached hydrogen (secondary N) is 2. The standard InChI is InChI=1S/C29H46N2O22/c1-6-9(4-32)47-26(46)11(30-7(2)34)19(6)49-29-18(41)16(39)21(23(53-29)25(44)45)51-27-12(31-8(3)35)20(13(36)10(5-33)48-27)50-28-17(40)14(37)15(38)22(52-28)24(42)43/h6,9-23,26-29,32-33,36-41,46H,4-5H2,1-3H3,(H,30,34)(H,31,35)(H,42,43)(H,44,45)/t6-,9-,10-,11-,12-,13-,14+,15+,16-,17-,18-,19+,20-,21+,22+,23+,26-,27+,28-,29-/m1/s1. The summed E-state index contributed by atoms with van der Waals surface area (Å²) >= 11 is 0. The van der Waals surface area contributed by atoms with Crippen LogP contribution in [0.3, 0.4) is 0 Å². The van der Waals surface area contributed by atoms with E-state index in [0.29, 0.717) is 0 Å². The van der Waals surface area contributed by atoms with Crippen molar-refractivity contribution in [3.63, 3.8) is 0 Å². The van der Waals surface area contributed by atoms with Crippen molar-refractivity contribution < 1.29 is 109 Å². The van der Waals surface area contributed by atoms with Crippen LogP contribution in [0.1, 0.15) is 20.8 Å². The molecule has 0 aromatic rings. The van der Waals surface area contributed by atoms with Crippen molar-refractivity contribution >= 4 is 23.8 Å². The highest BCUT2D eigenvalue weighted by Crippen LogP contribution is 2.35. The minimum absolute atomic E-state index is 0.616. The molecule has 0 aromatic heterocycles. The Morgan fingerprint density at radius 2 is 1.04 bits per heavy atom. The largest absolute Gasteiger partial charge is 0.479 e. The van der Waals surface area contributed by atoms with Gasteiger partial charge in [0.05, 0.1) is 25.4 Å². The number of rotatable bonds is 12. The molecule has 24 nitrogen and oxygen atoms in total. The number of carboxylic acid groups (broad SMARTS) is 2. The maximum absolute atomic E-state index is 12.5. The molecule has 4 fully saturated rings. The number of hydrogen-bond donors (Lipinski definition) is 13. The number of hydrogen-bond acceptors (Lipinski definition) is 20. The first-order valence-electron chi connectivity index (χ1n) is 16.4. The van der Waals surface area contributed by atoms with Crippen LogP contribution < -0.4 is 10.6 Å². The number of aliphatic carboxylic acids is 2. The first-order chi connectivity index (χ1) is 24.8. The van der Waals surface area contributed by atoms with E-state index in [4.69, 9.17) is 33.2 Å². The van der Waals surface area contributed by atoms with Gasteiger partial charge in [-0.15, -0.1) is 0 Å². The second-order valence-electron chi connectivity index (χ2n) is 13.1. The van der Waals surface area contributed by atoms with Gasteiger partial charge in [0.25, 0.3) is 0 Å². The summed E-state index contributed by atoms with van der Waals surface area (Å²) < 4.78 is 38.8. The summed E-state index contributed by atoms with van der Waals surface area (Å²) in [6.07, 6.45) is -33.0. The Hall–Kier alpha value is -2.76. The predicted octanol–water partition coefficient (Wildman–Crippen LogP) is -8.00. The normalized spacial score (nSPS) is 46.3. The molecule has 304 valence electrons. The van der Waals surface area contributed by atoms with Gasteiger partial charge in [-0.1, -0.05) is 6.92 Å². The fourth-order valence-electron chi connectivity index (χ4n) is 6.56. The van der Waals surface area contributed by atoms with Gasteiger partial charge < -0.3 is 100.0 Å². The quantitative estimate of drug-likeness (QED) is 0.0875. The van der Waals surface area contributed by atoms with Crippen LogP contribution in [0.15, 0.2) is 0 Å². The fourth-order valence-corrected chi connectivity index (χ4v) is 6.56. The van der Waals surface area contributed by atoms with E-state index >= 15 is 0 Å². The smallest absolute Gasteiger partial charge is 0.335 e. The molecule has 0 aliphatic carbocycles. The van der Waals surface area contributed by atoms with E-state index in [0.717, 1.165) is 13.8 Å². The molecule has 0 saturated carbocycles. The summed E-state index contributed by atoms with van der Waals surface area (Å²) in [5.74, 6) is -5.90. The third-order valence-corrected chi connectivity index (χ3v) is 9.33. The summed E-state index contributed by atoms with van der Waals surface area (Å²) in [6.45, 7) is 1.99. The van der Waals surface area contributed by atoms with Crippen LogP contribution in [-0.2, 0) is 52.3 Å². The summed E-state index contributed by atoms with van der Waals surface area (Å²) in [7, 11) is 0. The second kappa shape index (κ2) is 17.8. The van der Waals surface area contributed by atoms with Crippen molar-refractivity contribution in [3.05, 3.63) is 0 Å². The van der Waals surface area contributed by atoms with E-state index in [1.165, 1.54) is 6.92 Å². The molecule has 2 amide bonds. The molecule has 4 aliphatic rings. The van der Waals surface area contributed by atoms with Crippen molar-refractivity contribution in [1.82, 2.24) is 10.6 Å². The zero-order chi connectivity index (χ0) is 39.6. The molecule has 4 heterocycles. The Bertz CT molecular complexity index is 1290. The van der Waals surface area contributed by atoms with E-state index in [1.54, 1.807) is 0 Å². The van der Waals surface area contributed by atoms with Crippen molar-refractivity contribution in [3.8, 4) is 0 Å². The number of aliphatic hydroxyl groups excluding tert-OH is 9. The SMILES string of the molecule is CC(=O)N[C@@H]1[C@@H](O[C@@H]2O[C@H](C(=O)O)[C@@H](O[C@@H]3O[C@H](CO)[C@@H](O)[C@H](O[C@@H]4O[C@H](C(=O)O)[C@@H](O)[C@H](O)[C@H]4O)[C@H]3NC(C)=O)[C@H](O)[C@H]2O)[C@H](C)[C@@H](CO)O[C@H]1O. The fraction of sp³-hybridized carbons (Fsp3) is 0.862. The van der Waals surface area contributed by atoms with Crippen molar-refractivity contribution in [2.24, 2.45) is 5.92 Å². The molecule has 24 heteroatoms. The second-order valence-corrected chi connectivity index (χ2v) is 13.1. The van der Waals surface area contributed by atoms with Crippen LogP contribution in [0.25, 0.3) is 0 Å². The Labute approximate surface area is 299 Å². The lowest BCUT2D eigenvalue weighted by atomic mass is 9.88. The summed E-state index contributed by atoms with van der Waals surface area (Å²) in [4.78, 5) is 48.3. The van der Waals surface area contributed by atoms with Crippen LogP contribution >= 0.6 is 0 Å². The molecule has 0 aromatic carbocycles. The molecule has 0 bridgehead atoms. The highest BCUT2D eigenvalue weighted by molar-refractivity contribution is 5.74. The molecule has 4 saturated heterocycles. The Morgan fingerprint density at radius 1 is 0.547 bits per heavy atom. The summed E-state index contributed by atoms with van der Waals surface area (Å²) in [5, 5.41) is 119. The third kappa shape index (κ3) is 9.21. The van der Waals surface area contributed by atoms with Crippen LogP contribution in [0, 0.1) is 5.92 Å². The van der Waals surface area contributed by atoms with Gasteiger partial charge in [0, 0.05) is 19.8 Å². The lowest BCUT2D eigenvalue weighted by Gasteiger charge is -2.50. The maximum atomic E-state index is 12.5. The van der Waals surface area contributed by atoms with E-state index in [9.17, 15) is 75.3 Å². The van der Waals surface area contributed by atoms with Crippen molar-refractivity contribution in [2.45, 2.75) is 137 Å². The average molecular weight is 775 g/mol. The molecule has 20 atom stereocenters.